The molecular weight excluding hydrogens is 243 g/mol. The molecule has 2 N–H and O–H groups in total. The van der Waals surface area contributed by atoms with Crippen molar-refractivity contribution >= 4 is 0 Å². The Balaban J connectivity index is 1.97. The van der Waals surface area contributed by atoms with Crippen molar-refractivity contribution in [1.29, 1.82) is 0 Å². The van der Waals surface area contributed by atoms with Gasteiger partial charge in [0.25, 0.3) is 0 Å². The Kier molecular flexibility index (Phi) is 3.92. The van der Waals surface area contributed by atoms with Crippen molar-refractivity contribution < 1.29 is 18.3 Å². The van der Waals surface area contributed by atoms with Crippen LogP contribution in [0.1, 0.15) is 30.4 Å². The van der Waals surface area contributed by atoms with Crippen LogP contribution in [0, 0.1) is 0 Å². The summed E-state index contributed by atoms with van der Waals surface area (Å²) in [6.07, 6.45) is -2.08. The molecule has 2 atom stereocenters. The highest BCUT2D eigenvalue weighted by Crippen LogP contribution is 2.29. The van der Waals surface area contributed by atoms with E-state index < -0.39 is 11.7 Å². The number of rotatable bonds is 3. The molecule has 0 heterocycles. The van der Waals surface area contributed by atoms with Gasteiger partial charge in [-0.05, 0) is 30.9 Å². The van der Waals surface area contributed by atoms with Crippen LogP contribution in [-0.4, -0.2) is 17.3 Å². The first-order chi connectivity index (χ1) is 8.47. The molecule has 0 aliphatic heterocycles. The fourth-order valence-corrected chi connectivity index (χ4v) is 2.29. The smallest absolute Gasteiger partial charge is 0.392 e. The van der Waals surface area contributed by atoms with Crippen molar-refractivity contribution in [2.75, 3.05) is 0 Å². The molecule has 2 nitrogen and oxygen atoms in total. The van der Waals surface area contributed by atoms with Crippen LogP contribution in [-0.2, 0) is 12.7 Å². The van der Waals surface area contributed by atoms with E-state index in [1.54, 1.807) is 6.07 Å². The van der Waals surface area contributed by atoms with E-state index in [1.807, 2.05) is 0 Å². The summed E-state index contributed by atoms with van der Waals surface area (Å²) in [5.41, 5.74) is -0.0438. The second-order valence-electron chi connectivity index (χ2n) is 4.68. The average molecular weight is 259 g/mol. The van der Waals surface area contributed by atoms with E-state index >= 15 is 0 Å². The molecule has 1 aromatic carbocycles. The van der Waals surface area contributed by atoms with Gasteiger partial charge < -0.3 is 10.4 Å². The Bertz CT molecular complexity index is 405. The molecule has 100 valence electrons. The van der Waals surface area contributed by atoms with Crippen LogP contribution >= 0.6 is 0 Å². The van der Waals surface area contributed by atoms with Crippen LogP contribution in [0.25, 0.3) is 0 Å². The van der Waals surface area contributed by atoms with Crippen molar-refractivity contribution in [3.05, 3.63) is 35.4 Å². The molecule has 1 aliphatic carbocycles. The maximum Gasteiger partial charge on any atom is 0.416 e. The van der Waals surface area contributed by atoms with Gasteiger partial charge in [-0.15, -0.1) is 0 Å². The largest absolute Gasteiger partial charge is 0.416 e. The molecule has 5 heteroatoms. The summed E-state index contributed by atoms with van der Waals surface area (Å²) < 4.78 is 37.5. The van der Waals surface area contributed by atoms with Crippen LogP contribution in [0.3, 0.4) is 0 Å². The Morgan fingerprint density at radius 1 is 1.28 bits per heavy atom. The number of benzene rings is 1. The third-order valence-electron chi connectivity index (χ3n) is 3.30. The maximum absolute atomic E-state index is 12.5. The number of alkyl halides is 3. The minimum atomic E-state index is -4.30. The van der Waals surface area contributed by atoms with Crippen molar-refractivity contribution in [3.8, 4) is 0 Å². The first kappa shape index (κ1) is 13.4. The number of hydrogen-bond acceptors (Lipinski definition) is 2. The highest BCUT2D eigenvalue weighted by molar-refractivity contribution is 5.25. The molecule has 0 radical (unpaired) electrons. The molecule has 0 unspecified atom stereocenters. The van der Waals surface area contributed by atoms with Crippen LogP contribution < -0.4 is 5.32 Å². The lowest BCUT2D eigenvalue weighted by molar-refractivity contribution is -0.137. The number of nitrogens with one attached hydrogen (secondary N) is 1. The van der Waals surface area contributed by atoms with Gasteiger partial charge in [-0.2, -0.15) is 13.2 Å². The molecule has 18 heavy (non-hydrogen) atoms. The molecule has 0 saturated heterocycles. The Morgan fingerprint density at radius 3 is 2.67 bits per heavy atom. The normalized spacial score (nSPS) is 24.4. The van der Waals surface area contributed by atoms with E-state index in [4.69, 9.17) is 0 Å². The standard InChI is InChI=1S/C13H16F3NO/c14-13(15,16)10-4-1-3-9(7-10)8-17-11-5-2-6-12(11)18/h1,3-4,7,11-12,17-18H,2,5-6,8H2/t11-,12+/m1/s1. The van der Waals surface area contributed by atoms with E-state index in [-0.39, 0.29) is 12.1 Å². The Hall–Kier alpha value is -1.07. The first-order valence-corrected chi connectivity index (χ1v) is 6.04. The molecule has 0 spiro atoms. The van der Waals surface area contributed by atoms with Gasteiger partial charge >= 0.3 is 6.18 Å². The quantitative estimate of drug-likeness (QED) is 0.874. The molecule has 1 fully saturated rings. The SMILES string of the molecule is O[C@H]1CCC[C@H]1NCc1cccc(C(F)(F)F)c1. The molecule has 1 aliphatic rings. The minimum Gasteiger partial charge on any atom is -0.392 e. The average Bonchev–Trinajstić information content (AvgIpc) is 2.72. The van der Waals surface area contributed by atoms with Gasteiger partial charge in [-0.1, -0.05) is 18.2 Å². The molecule has 0 amide bonds. The van der Waals surface area contributed by atoms with Gasteiger partial charge in [-0.3, -0.25) is 0 Å². The van der Waals surface area contributed by atoms with Gasteiger partial charge in [0.2, 0.25) is 0 Å². The number of aliphatic hydroxyl groups is 1. The molecule has 2 rings (SSSR count). The van der Waals surface area contributed by atoms with E-state index in [9.17, 15) is 18.3 Å². The summed E-state index contributed by atoms with van der Waals surface area (Å²) in [7, 11) is 0. The zero-order valence-electron chi connectivity index (χ0n) is 9.87. The monoisotopic (exact) mass is 259 g/mol. The number of halogens is 3. The minimum absolute atomic E-state index is 0.000423. The predicted molar refractivity (Wildman–Crippen MR) is 61.9 cm³/mol. The van der Waals surface area contributed by atoms with Crippen molar-refractivity contribution in [3.63, 3.8) is 0 Å². The second kappa shape index (κ2) is 5.28. The van der Waals surface area contributed by atoms with Gasteiger partial charge in [0.15, 0.2) is 0 Å². The molecule has 1 aromatic rings. The van der Waals surface area contributed by atoms with E-state index in [0.29, 0.717) is 12.1 Å². The van der Waals surface area contributed by atoms with Crippen LogP contribution in [0.5, 0.6) is 0 Å². The lowest BCUT2D eigenvalue weighted by Gasteiger charge is -2.17. The topological polar surface area (TPSA) is 32.3 Å². The van der Waals surface area contributed by atoms with Gasteiger partial charge in [0.1, 0.15) is 0 Å². The van der Waals surface area contributed by atoms with E-state index in [0.717, 1.165) is 31.4 Å². The summed E-state index contributed by atoms with van der Waals surface area (Å²) in [6.45, 7) is 0.353. The fraction of sp³-hybridized carbons (Fsp3) is 0.538. The summed E-state index contributed by atoms with van der Waals surface area (Å²) in [5.74, 6) is 0. The van der Waals surface area contributed by atoms with Crippen LogP contribution in [0.4, 0.5) is 13.2 Å². The predicted octanol–water partition coefficient (Wildman–Crippen LogP) is 2.71. The Morgan fingerprint density at radius 2 is 2.06 bits per heavy atom. The number of aliphatic hydroxyl groups excluding tert-OH is 1. The third-order valence-corrected chi connectivity index (χ3v) is 3.30. The molecule has 1 saturated carbocycles. The third kappa shape index (κ3) is 3.23. The maximum atomic E-state index is 12.5. The molecule has 0 aromatic heterocycles. The molecular formula is C13H16F3NO. The van der Waals surface area contributed by atoms with E-state index in [1.165, 1.54) is 6.07 Å². The van der Waals surface area contributed by atoms with Gasteiger partial charge in [0.05, 0.1) is 11.7 Å². The lowest BCUT2D eigenvalue weighted by atomic mass is 10.1. The first-order valence-electron chi connectivity index (χ1n) is 6.04. The summed E-state index contributed by atoms with van der Waals surface area (Å²) in [6, 6.07) is 5.27. The summed E-state index contributed by atoms with van der Waals surface area (Å²) >= 11 is 0. The van der Waals surface area contributed by atoms with Gasteiger partial charge in [0, 0.05) is 12.6 Å². The van der Waals surface area contributed by atoms with Crippen LogP contribution in [0.15, 0.2) is 24.3 Å². The van der Waals surface area contributed by atoms with E-state index in [2.05, 4.69) is 5.32 Å². The zero-order chi connectivity index (χ0) is 13.2. The zero-order valence-corrected chi connectivity index (χ0v) is 9.87. The van der Waals surface area contributed by atoms with Crippen molar-refractivity contribution in [2.45, 2.75) is 44.1 Å². The Labute approximate surface area is 104 Å². The number of hydrogen-bond donors (Lipinski definition) is 2. The summed E-state index contributed by atoms with van der Waals surface area (Å²) in [4.78, 5) is 0. The summed E-state index contributed by atoms with van der Waals surface area (Å²) in [5, 5.41) is 12.7. The molecule has 0 bridgehead atoms. The highest BCUT2D eigenvalue weighted by Gasteiger charge is 2.30. The van der Waals surface area contributed by atoms with Crippen molar-refractivity contribution in [1.82, 2.24) is 5.32 Å². The van der Waals surface area contributed by atoms with Crippen LogP contribution in [0.2, 0.25) is 0 Å². The highest BCUT2D eigenvalue weighted by atomic mass is 19.4. The van der Waals surface area contributed by atoms with Crippen molar-refractivity contribution in [2.24, 2.45) is 0 Å². The fourth-order valence-electron chi connectivity index (χ4n) is 2.29. The van der Waals surface area contributed by atoms with Gasteiger partial charge in [-0.25, -0.2) is 0 Å². The lowest BCUT2D eigenvalue weighted by Crippen LogP contribution is -2.35. The second-order valence-corrected chi connectivity index (χ2v) is 4.68.